The van der Waals surface area contributed by atoms with Gasteiger partial charge in [-0.1, -0.05) is 6.07 Å². The van der Waals surface area contributed by atoms with Gasteiger partial charge in [0.05, 0.1) is 5.69 Å². The number of hydrogen-bond donors (Lipinski definition) is 0. The van der Waals surface area contributed by atoms with Crippen LogP contribution in [0, 0.1) is 5.82 Å². The lowest BCUT2D eigenvalue weighted by Crippen LogP contribution is -2.38. The second kappa shape index (κ2) is 5.89. The van der Waals surface area contributed by atoms with Gasteiger partial charge in [0.15, 0.2) is 0 Å². The van der Waals surface area contributed by atoms with E-state index < -0.39 is 0 Å². The summed E-state index contributed by atoms with van der Waals surface area (Å²) in [6.07, 6.45) is 2.27. The molecule has 1 aliphatic heterocycles. The Labute approximate surface area is 113 Å². The zero-order chi connectivity index (χ0) is 13.1. The molecule has 0 spiro atoms. The van der Waals surface area contributed by atoms with Crippen LogP contribution in [0.3, 0.4) is 0 Å². The minimum Gasteiger partial charge on any atom is -0.365 e. The molecule has 1 heterocycles. The summed E-state index contributed by atoms with van der Waals surface area (Å²) in [4.78, 5) is 4.35. The van der Waals surface area contributed by atoms with Gasteiger partial charge in [-0.15, -0.1) is 11.6 Å². The zero-order valence-corrected chi connectivity index (χ0v) is 11.8. The number of nitrogens with zero attached hydrogens (tertiary/aromatic N) is 2. The molecule has 0 amide bonds. The molecule has 0 bridgehead atoms. The van der Waals surface area contributed by atoms with Crippen LogP contribution in [0.2, 0.25) is 0 Å². The van der Waals surface area contributed by atoms with Gasteiger partial charge in [0.2, 0.25) is 0 Å². The number of anilines is 1. The van der Waals surface area contributed by atoms with E-state index in [0.717, 1.165) is 31.5 Å². The molecule has 1 unspecified atom stereocenters. The molecule has 1 fully saturated rings. The number of benzene rings is 1. The van der Waals surface area contributed by atoms with Gasteiger partial charge in [-0.2, -0.15) is 0 Å². The van der Waals surface area contributed by atoms with E-state index in [-0.39, 0.29) is 5.82 Å². The molecule has 0 saturated carbocycles. The summed E-state index contributed by atoms with van der Waals surface area (Å²) in [7, 11) is 4.12. The van der Waals surface area contributed by atoms with Gasteiger partial charge in [0.1, 0.15) is 5.82 Å². The molecule has 0 radical (unpaired) electrons. The lowest BCUT2D eigenvalue weighted by atomic mass is 10.1. The fourth-order valence-electron chi connectivity index (χ4n) is 2.63. The number of likely N-dealkylation sites (N-methyl/N-ethyl adjacent to an activating group) is 1. The van der Waals surface area contributed by atoms with Crippen molar-refractivity contribution in [2.24, 2.45) is 0 Å². The van der Waals surface area contributed by atoms with Crippen LogP contribution in [-0.4, -0.2) is 38.1 Å². The van der Waals surface area contributed by atoms with Crippen LogP contribution in [0.25, 0.3) is 0 Å². The summed E-state index contributed by atoms with van der Waals surface area (Å²) in [5, 5.41) is 0. The largest absolute Gasteiger partial charge is 0.365 e. The molecule has 18 heavy (non-hydrogen) atoms. The summed E-state index contributed by atoms with van der Waals surface area (Å²) in [6.45, 7) is 1.91. The predicted octanol–water partition coefficient (Wildman–Crippen LogP) is 3.09. The first-order valence-corrected chi connectivity index (χ1v) is 6.91. The molecule has 1 aromatic rings. The monoisotopic (exact) mass is 270 g/mol. The maximum Gasteiger partial charge on any atom is 0.146 e. The summed E-state index contributed by atoms with van der Waals surface area (Å²) >= 11 is 5.72. The van der Waals surface area contributed by atoms with Crippen molar-refractivity contribution in [2.45, 2.75) is 24.8 Å². The summed E-state index contributed by atoms with van der Waals surface area (Å²) < 4.78 is 14.1. The number of hydrogen-bond acceptors (Lipinski definition) is 2. The number of halogens is 2. The maximum absolute atomic E-state index is 14.1. The van der Waals surface area contributed by atoms with Crippen molar-refractivity contribution in [1.29, 1.82) is 0 Å². The first kappa shape index (κ1) is 13.6. The molecule has 1 saturated heterocycles. The predicted molar refractivity (Wildman–Crippen MR) is 74.9 cm³/mol. The molecule has 0 N–H and O–H groups in total. The van der Waals surface area contributed by atoms with E-state index in [4.69, 9.17) is 11.6 Å². The van der Waals surface area contributed by atoms with Crippen molar-refractivity contribution >= 4 is 17.3 Å². The highest BCUT2D eigenvalue weighted by Crippen LogP contribution is 2.29. The highest BCUT2D eigenvalue weighted by atomic mass is 35.5. The molecular weight excluding hydrogens is 251 g/mol. The smallest absolute Gasteiger partial charge is 0.146 e. The molecule has 1 aliphatic rings. The van der Waals surface area contributed by atoms with Gasteiger partial charge in [-0.3, -0.25) is 0 Å². The Morgan fingerprint density at radius 3 is 2.83 bits per heavy atom. The third-order valence-electron chi connectivity index (χ3n) is 3.43. The average molecular weight is 271 g/mol. The SMILES string of the molecule is CN(C)CC1CCCN1c1ccc(CCl)cc1F. The molecule has 2 nitrogen and oxygen atoms in total. The molecule has 100 valence electrons. The van der Waals surface area contributed by atoms with Crippen LogP contribution in [0.1, 0.15) is 18.4 Å². The Kier molecular flexibility index (Phi) is 4.46. The Morgan fingerprint density at radius 2 is 2.22 bits per heavy atom. The van der Waals surface area contributed by atoms with Crippen LogP contribution in [0.15, 0.2) is 18.2 Å². The Bertz CT molecular complexity index is 409. The van der Waals surface area contributed by atoms with E-state index in [9.17, 15) is 4.39 Å². The van der Waals surface area contributed by atoms with E-state index in [1.165, 1.54) is 0 Å². The van der Waals surface area contributed by atoms with Crippen LogP contribution in [0.5, 0.6) is 0 Å². The van der Waals surface area contributed by atoms with Crippen molar-refractivity contribution in [3.63, 3.8) is 0 Å². The van der Waals surface area contributed by atoms with E-state index in [2.05, 4.69) is 23.9 Å². The van der Waals surface area contributed by atoms with Gasteiger partial charge in [-0.25, -0.2) is 4.39 Å². The van der Waals surface area contributed by atoms with Crippen LogP contribution in [0.4, 0.5) is 10.1 Å². The van der Waals surface area contributed by atoms with Gasteiger partial charge in [-0.05, 0) is 44.6 Å². The van der Waals surface area contributed by atoms with Gasteiger partial charge in [0.25, 0.3) is 0 Å². The average Bonchev–Trinajstić information content (AvgIpc) is 2.76. The Hall–Kier alpha value is -0.800. The van der Waals surface area contributed by atoms with E-state index in [0.29, 0.717) is 17.6 Å². The van der Waals surface area contributed by atoms with Gasteiger partial charge >= 0.3 is 0 Å². The Morgan fingerprint density at radius 1 is 1.44 bits per heavy atom. The fourth-order valence-corrected chi connectivity index (χ4v) is 2.80. The van der Waals surface area contributed by atoms with E-state index in [1.807, 2.05) is 12.1 Å². The minimum absolute atomic E-state index is 0.154. The fraction of sp³-hybridized carbons (Fsp3) is 0.571. The third-order valence-corrected chi connectivity index (χ3v) is 3.74. The van der Waals surface area contributed by atoms with Gasteiger partial charge in [0, 0.05) is 25.0 Å². The van der Waals surface area contributed by atoms with Crippen molar-refractivity contribution in [1.82, 2.24) is 4.90 Å². The standard InChI is InChI=1S/C14H20ClFN2/c1-17(2)10-12-4-3-7-18(12)14-6-5-11(9-15)8-13(14)16/h5-6,8,12H,3-4,7,9-10H2,1-2H3. The summed E-state index contributed by atoms with van der Waals surface area (Å²) in [6, 6.07) is 5.74. The summed E-state index contributed by atoms with van der Waals surface area (Å²) in [5.74, 6) is 0.206. The third kappa shape index (κ3) is 2.96. The van der Waals surface area contributed by atoms with Crippen molar-refractivity contribution in [3.05, 3.63) is 29.6 Å². The summed E-state index contributed by atoms with van der Waals surface area (Å²) in [5.41, 5.74) is 1.55. The number of alkyl halides is 1. The highest BCUT2D eigenvalue weighted by molar-refractivity contribution is 6.17. The van der Waals surface area contributed by atoms with Crippen LogP contribution < -0.4 is 4.90 Å². The molecular formula is C14H20ClFN2. The number of rotatable bonds is 4. The van der Waals surface area contributed by atoms with E-state index in [1.54, 1.807) is 6.07 Å². The second-order valence-corrected chi connectivity index (χ2v) is 5.44. The minimum atomic E-state index is -0.154. The Balaban J connectivity index is 2.19. The normalized spacial score (nSPS) is 19.8. The zero-order valence-electron chi connectivity index (χ0n) is 11.0. The molecule has 4 heteroatoms. The highest BCUT2D eigenvalue weighted by Gasteiger charge is 2.26. The van der Waals surface area contributed by atoms with Crippen LogP contribution >= 0.6 is 11.6 Å². The van der Waals surface area contributed by atoms with Gasteiger partial charge < -0.3 is 9.80 Å². The van der Waals surface area contributed by atoms with Crippen molar-refractivity contribution in [2.75, 3.05) is 32.1 Å². The molecule has 2 rings (SSSR count). The van der Waals surface area contributed by atoms with Crippen LogP contribution in [-0.2, 0) is 5.88 Å². The molecule has 1 aromatic carbocycles. The molecule has 1 atom stereocenters. The topological polar surface area (TPSA) is 6.48 Å². The molecule has 0 aromatic heterocycles. The lowest BCUT2D eigenvalue weighted by molar-refractivity contribution is 0.371. The van der Waals surface area contributed by atoms with E-state index >= 15 is 0 Å². The first-order chi connectivity index (χ1) is 8.61. The van der Waals surface area contributed by atoms with Crippen molar-refractivity contribution < 1.29 is 4.39 Å². The maximum atomic E-state index is 14.1. The first-order valence-electron chi connectivity index (χ1n) is 6.37. The second-order valence-electron chi connectivity index (χ2n) is 5.17. The lowest BCUT2D eigenvalue weighted by Gasteiger charge is -2.29. The molecule has 0 aliphatic carbocycles. The quantitative estimate of drug-likeness (QED) is 0.776. The van der Waals surface area contributed by atoms with Crippen molar-refractivity contribution in [3.8, 4) is 0 Å².